The highest BCUT2D eigenvalue weighted by Gasteiger charge is 2.14. The molecular formula is C20H16FN5O. The molecule has 0 saturated carbocycles. The number of anilines is 1. The lowest BCUT2D eigenvalue weighted by atomic mass is 10.2. The zero-order chi connectivity index (χ0) is 18.6. The van der Waals surface area contributed by atoms with Crippen molar-refractivity contribution in [1.29, 1.82) is 0 Å². The Morgan fingerprint density at radius 1 is 1.04 bits per heavy atom. The first kappa shape index (κ1) is 16.8. The Labute approximate surface area is 155 Å². The monoisotopic (exact) mass is 361 g/mol. The lowest BCUT2D eigenvalue weighted by molar-refractivity contribution is 0.431. The predicted molar refractivity (Wildman–Crippen MR) is 99.2 cm³/mol. The minimum absolute atomic E-state index is 0.205. The molecule has 0 atom stereocenters. The third-order valence-corrected chi connectivity index (χ3v) is 4.11. The summed E-state index contributed by atoms with van der Waals surface area (Å²) < 4.78 is 19.1. The minimum atomic E-state index is -0.396. The van der Waals surface area contributed by atoms with E-state index in [0.717, 1.165) is 11.3 Å². The van der Waals surface area contributed by atoms with Gasteiger partial charge in [0.05, 0.1) is 23.4 Å². The highest BCUT2D eigenvalue weighted by Crippen LogP contribution is 2.24. The molecule has 1 aromatic carbocycles. The highest BCUT2D eigenvalue weighted by molar-refractivity contribution is 5.60. The normalized spacial score (nSPS) is 10.7. The van der Waals surface area contributed by atoms with E-state index in [0.29, 0.717) is 23.5 Å². The van der Waals surface area contributed by atoms with Gasteiger partial charge in [-0.25, -0.2) is 9.37 Å². The second-order valence-corrected chi connectivity index (χ2v) is 5.96. The standard InChI is InChI=1S/C20H16FN5O/c1-13-5-4-10-22-17(13)12-24-18-9-8-14(11-23-18)20-25-19(26-27-20)15-6-2-3-7-16(15)21/h2-11H,12H2,1H3,(H,23,24). The average Bonchev–Trinajstić information content (AvgIpc) is 3.18. The van der Waals surface area contributed by atoms with Gasteiger partial charge in [-0.3, -0.25) is 4.98 Å². The Morgan fingerprint density at radius 3 is 2.70 bits per heavy atom. The van der Waals surface area contributed by atoms with E-state index in [1.165, 1.54) is 6.07 Å². The first-order chi connectivity index (χ1) is 13.2. The van der Waals surface area contributed by atoms with Crippen LogP contribution in [0.4, 0.5) is 10.2 Å². The van der Waals surface area contributed by atoms with Gasteiger partial charge in [0.2, 0.25) is 5.82 Å². The van der Waals surface area contributed by atoms with Crippen LogP contribution in [-0.4, -0.2) is 20.1 Å². The van der Waals surface area contributed by atoms with E-state index < -0.39 is 5.82 Å². The molecule has 0 unspecified atom stereocenters. The van der Waals surface area contributed by atoms with E-state index in [1.54, 1.807) is 30.6 Å². The SMILES string of the molecule is Cc1cccnc1CNc1ccc(-c2nc(-c3ccccc3F)no2)cn1. The van der Waals surface area contributed by atoms with Gasteiger partial charge < -0.3 is 9.84 Å². The van der Waals surface area contributed by atoms with Crippen LogP contribution in [0.3, 0.4) is 0 Å². The maximum Gasteiger partial charge on any atom is 0.259 e. The number of benzene rings is 1. The third-order valence-electron chi connectivity index (χ3n) is 4.11. The second-order valence-electron chi connectivity index (χ2n) is 5.96. The molecule has 4 rings (SSSR count). The van der Waals surface area contributed by atoms with Crippen molar-refractivity contribution in [1.82, 2.24) is 20.1 Å². The number of aryl methyl sites for hydroxylation is 1. The topological polar surface area (TPSA) is 76.7 Å². The van der Waals surface area contributed by atoms with Gasteiger partial charge in [-0.2, -0.15) is 4.98 Å². The summed E-state index contributed by atoms with van der Waals surface area (Å²) in [6.45, 7) is 2.60. The smallest absolute Gasteiger partial charge is 0.259 e. The van der Waals surface area contributed by atoms with E-state index in [2.05, 4.69) is 25.4 Å². The Morgan fingerprint density at radius 2 is 1.93 bits per heavy atom. The molecule has 134 valence electrons. The quantitative estimate of drug-likeness (QED) is 0.572. The van der Waals surface area contributed by atoms with Crippen molar-refractivity contribution in [3.8, 4) is 22.8 Å². The minimum Gasteiger partial charge on any atom is -0.364 e. The first-order valence-electron chi connectivity index (χ1n) is 8.40. The predicted octanol–water partition coefficient (Wildman–Crippen LogP) is 4.25. The van der Waals surface area contributed by atoms with Gasteiger partial charge >= 0.3 is 0 Å². The van der Waals surface area contributed by atoms with Crippen molar-refractivity contribution in [2.75, 3.05) is 5.32 Å². The Bertz CT molecular complexity index is 1060. The van der Waals surface area contributed by atoms with Gasteiger partial charge in [-0.1, -0.05) is 23.4 Å². The van der Waals surface area contributed by atoms with Crippen LogP contribution in [0, 0.1) is 12.7 Å². The van der Waals surface area contributed by atoms with Crippen molar-refractivity contribution in [2.24, 2.45) is 0 Å². The Balaban J connectivity index is 1.48. The molecule has 0 aliphatic heterocycles. The molecule has 7 heteroatoms. The van der Waals surface area contributed by atoms with E-state index in [-0.39, 0.29) is 11.7 Å². The number of nitrogens with zero attached hydrogens (tertiary/aromatic N) is 4. The molecule has 27 heavy (non-hydrogen) atoms. The van der Waals surface area contributed by atoms with Gasteiger partial charge in [0.15, 0.2) is 0 Å². The molecule has 3 aromatic heterocycles. The van der Waals surface area contributed by atoms with Crippen molar-refractivity contribution in [3.63, 3.8) is 0 Å². The van der Waals surface area contributed by atoms with Crippen molar-refractivity contribution in [2.45, 2.75) is 13.5 Å². The van der Waals surface area contributed by atoms with E-state index >= 15 is 0 Å². The molecule has 4 aromatic rings. The molecule has 0 aliphatic rings. The number of hydrogen-bond acceptors (Lipinski definition) is 6. The van der Waals surface area contributed by atoms with E-state index in [9.17, 15) is 4.39 Å². The summed E-state index contributed by atoms with van der Waals surface area (Å²) in [5, 5.41) is 7.08. The molecule has 0 bridgehead atoms. The number of pyridine rings is 2. The molecule has 1 N–H and O–H groups in total. The lowest BCUT2D eigenvalue weighted by Gasteiger charge is -2.07. The van der Waals surface area contributed by atoms with Crippen LogP contribution in [0.15, 0.2) is 65.4 Å². The van der Waals surface area contributed by atoms with Crippen molar-refractivity contribution >= 4 is 5.82 Å². The van der Waals surface area contributed by atoms with Gasteiger partial charge in [0.1, 0.15) is 11.6 Å². The number of halogens is 1. The zero-order valence-corrected chi connectivity index (χ0v) is 14.6. The Kier molecular flexibility index (Phi) is 4.57. The maximum atomic E-state index is 13.8. The van der Waals surface area contributed by atoms with Crippen molar-refractivity contribution in [3.05, 3.63) is 78.0 Å². The number of hydrogen-bond donors (Lipinski definition) is 1. The summed E-state index contributed by atoms with van der Waals surface area (Å²) in [6.07, 6.45) is 3.40. The van der Waals surface area contributed by atoms with Crippen LogP contribution in [0.2, 0.25) is 0 Å². The van der Waals surface area contributed by atoms with Gasteiger partial charge in [-0.05, 0) is 42.8 Å². The summed E-state index contributed by atoms with van der Waals surface area (Å²) in [5.41, 5.74) is 3.04. The van der Waals surface area contributed by atoms with E-state index in [4.69, 9.17) is 4.52 Å². The molecule has 3 heterocycles. The Hall–Kier alpha value is -3.61. The number of nitrogens with one attached hydrogen (secondary N) is 1. The van der Waals surface area contributed by atoms with Crippen LogP contribution >= 0.6 is 0 Å². The average molecular weight is 361 g/mol. The fourth-order valence-electron chi connectivity index (χ4n) is 2.60. The molecule has 6 nitrogen and oxygen atoms in total. The lowest BCUT2D eigenvalue weighted by Crippen LogP contribution is -2.04. The van der Waals surface area contributed by atoms with Gasteiger partial charge in [0.25, 0.3) is 5.89 Å². The maximum absolute atomic E-state index is 13.8. The number of rotatable bonds is 5. The fourth-order valence-corrected chi connectivity index (χ4v) is 2.60. The summed E-state index contributed by atoms with van der Waals surface area (Å²) >= 11 is 0. The van der Waals surface area contributed by atoms with Gasteiger partial charge in [-0.15, -0.1) is 0 Å². The van der Waals surface area contributed by atoms with Crippen LogP contribution in [0.1, 0.15) is 11.3 Å². The van der Waals surface area contributed by atoms with Gasteiger partial charge in [0, 0.05) is 12.4 Å². The van der Waals surface area contributed by atoms with E-state index in [1.807, 2.05) is 31.2 Å². The summed E-state index contributed by atoms with van der Waals surface area (Å²) in [7, 11) is 0. The summed E-state index contributed by atoms with van der Waals surface area (Å²) in [4.78, 5) is 13.0. The molecular weight excluding hydrogens is 345 g/mol. The highest BCUT2D eigenvalue weighted by atomic mass is 19.1. The largest absolute Gasteiger partial charge is 0.364 e. The molecule has 0 spiro atoms. The molecule has 0 amide bonds. The first-order valence-corrected chi connectivity index (χ1v) is 8.40. The molecule has 0 saturated heterocycles. The summed E-state index contributed by atoms with van der Waals surface area (Å²) in [6, 6.07) is 13.9. The van der Waals surface area contributed by atoms with Crippen molar-refractivity contribution < 1.29 is 8.91 Å². The number of aromatic nitrogens is 4. The van der Waals surface area contributed by atoms with Crippen LogP contribution in [-0.2, 0) is 6.54 Å². The van der Waals surface area contributed by atoms with Crippen LogP contribution < -0.4 is 5.32 Å². The molecule has 0 fully saturated rings. The van der Waals surface area contributed by atoms with Crippen LogP contribution in [0.5, 0.6) is 0 Å². The van der Waals surface area contributed by atoms with Crippen LogP contribution in [0.25, 0.3) is 22.8 Å². The third kappa shape index (κ3) is 3.67. The molecule has 0 aliphatic carbocycles. The fraction of sp³-hybridized carbons (Fsp3) is 0.100. The molecule has 0 radical (unpaired) electrons. The summed E-state index contributed by atoms with van der Waals surface area (Å²) in [5.74, 6) is 0.800. The zero-order valence-electron chi connectivity index (χ0n) is 14.6. The second kappa shape index (κ2) is 7.33.